The highest BCUT2D eigenvalue weighted by Crippen LogP contribution is 2.43. The summed E-state index contributed by atoms with van der Waals surface area (Å²) in [7, 11) is 0. The van der Waals surface area contributed by atoms with Crippen molar-refractivity contribution in [1.82, 2.24) is 9.97 Å². The first-order chi connectivity index (χ1) is 15.1. The van der Waals surface area contributed by atoms with Crippen LogP contribution in [-0.2, 0) is 6.42 Å². The fourth-order valence-corrected chi connectivity index (χ4v) is 5.71. The van der Waals surface area contributed by atoms with E-state index in [9.17, 15) is 13.6 Å². The van der Waals surface area contributed by atoms with Gasteiger partial charge in [0.05, 0.1) is 5.56 Å². The van der Waals surface area contributed by atoms with E-state index in [0.29, 0.717) is 5.56 Å². The van der Waals surface area contributed by atoms with Gasteiger partial charge in [0.2, 0.25) is 0 Å². The molecule has 1 saturated carbocycles. The van der Waals surface area contributed by atoms with Gasteiger partial charge in [-0.3, -0.25) is 9.78 Å². The highest BCUT2D eigenvalue weighted by molar-refractivity contribution is 7.13. The molecule has 2 N–H and O–H groups in total. The van der Waals surface area contributed by atoms with Gasteiger partial charge >= 0.3 is 0 Å². The molecule has 2 aromatic heterocycles. The Bertz CT molecular complexity index is 1160. The maximum absolute atomic E-state index is 14.5. The molecule has 1 fully saturated rings. The maximum atomic E-state index is 14.5. The number of nitrogens with two attached hydrogens (primary N) is 1. The number of Topliss-reactive ketones (excluding diaryl/α,β-unsaturated/α-hetero) is 1. The Labute approximate surface area is 190 Å². The predicted octanol–water partition coefficient (Wildman–Crippen LogP) is 5.84. The number of halogens is 2. The average Bonchev–Trinajstić information content (AvgIpc) is 3.20. The quantitative estimate of drug-likeness (QED) is 0.491. The lowest BCUT2D eigenvalue weighted by Crippen LogP contribution is -2.36. The Morgan fingerprint density at radius 2 is 2.03 bits per heavy atom. The van der Waals surface area contributed by atoms with Gasteiger partial charge in [-0.05, 0) is 66.3 Å². The van der Waals surface area contributed by atoms with Crippen LogP contribution in [-0.4, -0.2) is 21.8 Å². The lowest BCUT2D eigenvalue weighted by molar-refractivity contribution is 0.0988. The van der Waals surface area contributed by atoms with Gasteiger partial charge in [0.15, 0.2) is 5.78 Å². The van der Waals surface area contributed by atoms with Crippen molar-refractivity contribution in [3.63, 3.8) is 0 Å². The number of nitrogens with zero attached hydrogens (tertiary/aromatic N) is 2. The summed E-state index contributed by atoms with van der Waals surface area (Å²) < 4.78 is 28.7. The summed E-state index contributed by atoms with van der Waals surface area (Å²) >= 11 is 1.07. The molecule has 168 valence electrons. The number of pyridine rings is 1. The van der Waals surface area contributed by atoms with Crippen LogP contribution in [0, 0.1) is 24.0 Å². The smallest absolute Gasteiger partial charge is 0.186 e. The van der Waals surface area contributed by atoms with Crippen molar-refractivity contribution < 1.29 is 13.6 Å². The monoisotopic (exact) mass is 455 g/mol. The van der Waals surface area contributed by atoms with Crippen molar-refractivity contribution in [2.75, 3.05) is 0 Å². The minimum atomic E-state index is -0.688. The Kier molecular flexibility index (Phi) is 6.23. The van der Waals surface area contributed by atoms with Crippen LogP contribution in [0.1, 0.15) is 66.2 Å². The summed E-state index contributed by atoms with van der Waals surface area (Å²) in [6.45, 7) is 6.02. The molecule has 7 heteroatoms. The molecule has 0 aliphatic heterocycles. The van der Waals surface area contributed by atoms with E-state index >= 15 is 0 Å². The minimum absolute atomic E-state index is 0.126. The zero-order chi connectivity index (χ0) is 23.0. The summed E-state index contributed by atoms with van der Waals surface area (Å²) in [6, 6.07) is 4.71. The molecule has 3 aromatic rings. The van der Waals surface area contributed by atoms with Crippen LogP contribution in [0.15, 0.2) is 36.0 Å². The first-order valence-electron chi connectivity index (χ1n) is 10.8. The van der Waals surface area contributed by atoms with Gasteiger partial charge in [-0.2, -0.15) is 0 Å². The number of carbonyl (C=O) groups is 1. The second-order valence-electron chi connectivity index (χ2n) is 9.53. The molecule has 4 rings (SSSR count). The van der Waals surface area contributed by atoms with Gasteiger partial charge in [-0.15, -0.1) is 11.3 Å². The summed E-state index contributed by atoms with van der Waals surface area (Å²) in [5.74, 6) is -1.27. The summed E-state index contributed by atoms with van der Waals surface area (Å²) in [5.41, 5.74) is 8.77. The highest BCUT2D eigenvalue weighted by atomic mass is 32.1. The molecular weight excluding hydrogens is 428 g/mol. The first-order valence-corrected chi connectivity index (χ1v) is 11.6. The first kappa shape index (κ1) is 22.7. The molecule has 4 nitrogen and oxygen atoms in total. The normalized spacial score (nSPS) is 20.3. The summed E-state index contributed by atoms with van der Waals surface area (Å²) in [6.07, 6.45) is 6.47. The number of benzene rings is 1. The number of aryl methyl sites for hydroxylation is 1. The molecule has 0 spiro atoms. The number of thiazole rings is 1. The fraction of sp³-hybridized carbons (Fsp3) is 0.400. The molecule has 2 atom stereocenters. The molecule has 0 unspecified atom stereocenters. The van der Waals surface area contributed by atoms with E-state index in [1.165, 1.54) is 12.1 Å². The van der Waals surface area contributed by atoms with E-state index in [1.54, 1.807) is 24.7 Å². The van der Waals surface area contributed by atoms with Gasteiger partial charge in [0, 0.05) is 30.2 Å². The second kappa shape index (κ2) is 8.79. The zero-order valence-corrected chi connectivity index (χ0v) is 19.3. The van der Waals surface area contributed by atoms with Crippen molar-refractivity contribution >= 4 is 17.1 Å². The lowest BCUT2D eigenvalue weighted by atomic mass is 9.68. The van der Waals surface area contributed by atoms with E-state index in [-0.39, 0.29) is 45.8 Å². The number of rotatable bonds is 5. The van der Waals surface area contributed by atoms with Gasteiger partial charge in [0.1, 0.15) is 22.3 Å². The van der Waals surface area contributed by atoms with Crippen LogP contribution in [0.2, 0.25) is 0 Å². The van der Waals surface area contributed by atoms with Crippen molar-refractivity contribution in [1.29, 1.82) is 0 Å². The van der Waals surface area contributed by atoms with Crippen molar-refractivity contribution in [2.45, 2.75) is 58.4 Å². The molecule has 0 radical (unpaired) electrons. The van der Waals surface area contributed by atoms with Crippen LogP contribution in [0.3, 0.4) is 0 Å². The molecule has 1 aromatic carbocycles. The maximum Gasteiger partial charge on any atom is 0.186 e. The fourth-order valence-electron chi connectivity index (χ4n) is 4.85. The van der Waals surface area contributed by atoms with Crippen LogP contribution >= 0.6 is 11.3 Å². The van der Waals surface area contributed by atoms with Crippen LogP contribution in [0.5, 0.6) is 0 Å². The van der Waals surface area contributed by atoms with E-state index in [1.807, 2.05) is 6.07 Å². The van der Waals surface area contributed by atoms with Gasteiger partial charge < -0.3 is 5.73 Å². The third-order valence-corrected chi connectivity index (χ3v) is 7.08. The molecule has 1 aliphatic rings. The Morgan fingerprint density at radius 1 is 1.25 bits per heavy atom. The van der Waals surface area contributed by atoms with E-state index < -0.39 is 11.6 Å². The Morgan fingerprint density at radius 3 is 2.78 bits per heavy atom. The van der Waals surface area contributed by atoms with E-state index in [4.69, 9.17) is 5.73 Å². The van der Waals surface area contributed by atoms with Gasteiger partial charge in [0.25, 0.3) is 0 Å². The molecule has 0 saturated heterocycles. The largest absolute Gasteiger partial charge is 0.328 e. The standard InChI is InChI=1S/C25H27F2N3OS/c1-14-4-5-19(26)22(23(14)27)24-30-20(13-32-24)21(31)9-16-12-29-7-6-18(16)15-8-17(28)11-25(2,3)10-15/h4-7,12-13,15,17H,8-11,28H2,1-3H3/t15-,17+/m0/s1. The third kappa shape index (κ3) is 4.64. The molecule has 1 aliphatic carbocycles. The van der Waals surface area contributed by atoms with Gasteiger partial charge in [-0.25, -0.2) is 13.8 Å². The van der Waals surface area contributed by atoms with Crippen LogP contribution < -0.4 is 5.73 Å². The highest BCUT2D eigenvalue weighted by Gasteiger charge is 2.34. The third-order valence-electron chi connectivity index (χ3n) is 6.22. The SMILES string of the molecule is Cc1ccc(F)c(-c2nc(C(=O)Cc3cnccc3[C@H]3C[C@@H](N)CC(C)(C)C3)cs2)c1F. The van der Waals surface area contributed by atoms with E-state index in [0.717, 1.165) is 41.7 Å². The second-order valence-corrected chi connectivity index (χ2v) is 10.4. The molecule has 0 amide bonds. The number of carbonyl (C=O) groups excluding carboxylic acids is 1. The number of hydrogen-bond acceptors (Lipinski definition) is 5. The number of hydrogen-bond donors (Lipinski definition) is 1. The molecule has 32 heavy (non-hydrogen) atoms. The minimum Gasteiger partial charge on any atom is -0.328 e. The zero-order valence-electron chi connectivity index (χ0n) is 18.5. The Balaban J connectivity index is 1.59. The molecular formula is C25H27F2N3OS. The summed E-state index contributed by atoms with van der Waals surface area (Å²) in [5, 5.41) is 1.73. The van der Waals surface area contributed by atoms with Crippen molar-refractivity contribution in [2.24, 2.45) is 11.1 Å². The average molecular weight is 456 g/mol. The van der Waals surface area contributed by atoms with Crippen LogP contribution in [0.4, 0.5) is 8.78 Å². The number of aromatic nitrogens is 2. The molecule has 2 heterocycles. The predicted molar refractivity (Wildman–Crippen MR) is 123 cm³/mol. The van der Waals surface area contributed by atoms with Crippen molar-refractivity contribution in [3.05, 3.63) is 70.0 Å². The summed E-state index contributed by atoms with van der Waals surface area (Å²) in [4.78, 5) is 21.5. The lowest BCUT2D eigenvalue weighted by Gasteiger charge is -2.39. The molecule has 0 bridgehead atoms. The van der Waals surface area contributed by atoms with Crippen molar-refractivity contribution in [3.8, 4) is 10.6 Å². The van der Waals surface area contributed by atoms with E-state index in [2.05, 4.69) is 23.8 Å². The topological polar surface area (TPSA) is 68.9 Å². The van der Waals surface area contributed by atoms with Crippen LogP contribution in [0.25, 0.3) is 10.6 Å². The Hall–Kier alpha value is -2.51. The number of ketones is 1. The van der Waals surface area contributed by atoms with Gasteiger partial charge in [-0.1, -0.05) is 19.9 Å².